The van der Waals surface area contributed by atoms with Crippen molar-refractivity contribution in [1.29, 1.82) is 0 Å². The van der Waals surface area contributed by atoms with Gasteiger partial charge in [0.15, 0.2) is 0 Å². The zero-order chi connectivity index (χ0) is 30.7. The van der Waals surface area contributed by atoms with Gasteiger partial charge in [-0.25, -0.2) is 9.67 Å². The van der Waals surface area contributed by atoms with E-state index in [-0.39, 0.29) is 18.3 Å². The van der Waals surface area contributed by atoms with Gasteiger partial charge in [-0.1, -0.05) is 38.8 Å². The Labute approximate surface area is 237 Å². The van der Waals surface area contributed by atoms with Gasteiger partial charge in [-0.3, -0.25) is 0 Å². The van der Waals surface area contributed by atoms with E-state index in [0.717, 1.165) is 19.3 Å². The highest BCUT2D eigenvalue weighted by molar-refractivity contribution is 5.63. The monoisotopic (exact) mass is 600 g/mol. The number of alkyl halides is 6. The van der Waals surface area contributed by atoms with Crippen LogP contribution >= 0.6 is 0 Å². The number of unbranched alkanes of at least 4 members (excludes halogenated alkanes) is 1. The van der Waals surface area contributed by atoms with Crippen LogP contribution in [0.2, 0.25) is 0 Å². The molecule has 0 saturated heterocycles. The van der Waals surface area contributed by atoms with Gasteiger partial charge in [0.2, 0.25) is 17.4 Å². The number of aromatic nitrogens is 8. The van der Waals surface area contributed by atoms with Crippen LogP contribution in [0.5, 0.6) is 0 Å². The Kier molecular flexibility index (Phi) is 9.06. The SMILES string of the molecule is CCCCc1nc(C(CCC)(OC)OC)nn1Cc1ccc(-n2c(C(F)(F)F)cc(C(F)(F)F)c2-c2nn[nH]n2)cc1. The Morgan fingerprint density at radius 1 is 0.929 bits per heavy atom. The fourth-order valence-corrected chi connectivity index (χ4v) is 4.70. The maximum Gasteiger partial charge on any atom is 0.431 e. The topological polar surface area (TPSA) is 109 Å². The Morgan fingerprint density at radius 2 is 1.62 bits per heavy atom. The van der Waals surface area contributed by atoms with Crippen LogP contribution in [-0.2, 0) is 40.6 Å². The lowest BCUT2D eigenvalue weighted by Crippen LogP contribution is -2.32. The predicted octanol–water partition coefficient (Wildman–Crippen LogP) is 5.92. The van der Waals surface area contributed by atoms with Crippen molar-refractivity contribution in [2.45, 2.75) is 70.6 Å². The molecule has 0 aliphatic carbocycles. The minimum atomic E-state index is -5.11. The Hall–Kier alpha value is -3.79. The average molecular weight is 601 g/mol. The summed E-state index contributed by atoms with van der Waals surface area (Å²) in [5, 5.41) is 16.9. The van der Waals surface area contributed by atoms with Crippen LogP contribution in [0.15, 0.2) is 30.3 Å². The third-order valence-corrected chi connectivity index (χ3v) is 6.76. The van der Waals surface area contributed by atoms with E-state index in [1.165, 1.54) is 38.5 Å². The summed E-state index contributed by atoms with van der Waals surface area (Å²) >= 11 is 0. The van der Waals surface area contributed by atoms with Crippen LogP contribution in [0.1, 0.15) is 68.0 Å². The average Bonchev–Trinajstić information content (AvgIpc) is 3.69. The van der Waals surface area contributed by atoms with Crippen molar-refractivity contribution in [3.63, 3.8) is 0 Å². The Morgan fingerprint density at radius 3 is 2.14 bits per heavy atom. The van der Waals surface area contributed by atoms with Gasteiger partial charge in [0, 0.05) is 32.7 Å². The molecule has 3 heterocycles. The molecule has 0 unspecified atom stereocenters. The molecule has 0 spiro atoms. The molecule has 0 saturated carbocycles. The number of methoxy groups -OCH3 is 2. The van der Waals surface area contributed by atoms with E-state index in [1.807, 2.05) is 19.1 Å². The van der Waals surface area contributed by atoms with E-state index in [4.69, 9.17) is 9.47 Å². The number of H-pyrrole nitrogens is 1. The van der Waals surface area contributed by atoms with Gasteiger partial charge in [-0.2, -0.15) is 31.6 Å². The van der Waals surface area contributed by atoms with Crippen molar-refractivity contribution in [3.8, 4) is 17.2 Å². The van der Waals surface area contributed by atoms with Crippen molar-refractivity contribution in [2.24, 2.45) is 0 Å². The molecule has 0 aliphatic rings. The first-order chi connectivity index (χ1) is 19.9. The van der Waals surface area contributed by atoms with Gasteiger partial charge in [0.1, 0.15) is 17.2 Å². The van der Waals surface area contributed by atoms with Crippen LogP contribution < -0.4 is 0 Å². The molecule has 228 valence electrons. The lowest BCUT2D eigenvalue weighted by Gasteiger charge is -2.27. The van der Waals surface area contributed by atoms with Gasteiger partial charge < -0.3 is 14.0 Å². The summed E-state index contributed by atoms with van der Waals surface area (Å²) in [6.45, 7) is 4.21. The number of ether oxygens (including phenoxy) is 2. The molecule has 4 rings (SSSR count). The van der Waals surface area contributed by atoms with Gasteiger partial charge in [0.25, 0.3) is 0 Å². The number of halogens is 6. The van der Waals surface area contributed by atoms with E-state index in [0.29, 0.717) is 34.6 Å². The summed E-state index contributed by atoms with van der Waals surface area (Å²) in [5.74, 6) is -0.757. The third kappa shape index (κ3) is 6.18. The molecule has 0 fully saturated rings. The van der Waals surface area contributed by atoms with Gasteiger partial charge in [0.05, 0.1) is 12.1 Å². The molecule has 1 N–H and O–H groups in total. The summed E-state index contributed by atoms with van der Waals surface area (Å²) in [7, 11) is 3.02. The molecular formula is C26H30F6N8O2. The van der Waals surface area contributed by atoms with Crippen molar-refractivity contribution < 1.29 is 35.8 Å². The fraction of sp³-hybridized carbons (Fsp3) is 0.500. The quantitative estimate of drug-likeness (QED) is 0.159. The van der Waals surface area contributed by atoms with Crippen molar-refractivity contribution in [1.82, 2.24) is 40.0 Å². The highest BCUT2D eigenvalue weighted by atomic mass is 19.4. The molecule has 10 nitrogen and oxygen atoms in total. The number of nitrogens with zero attached hydrogens (tertiary/aromatic N) is 7. The van der Waals surface area contributed by atoms with Crippen LogP contribution in [0.25, 0.3) is 17.2 Å². The molecule has 16 heteroatoms. The van der Waals surface area contributed by atoms with Crippen LogP contribution in [0.3, 0.4) is 0 Å². The van der Waals surface area contributed by atoms with Crippen LogP contribution in [0.4, 0.5) is 26.3 Å². The summed E-state index contributed by atoms with van der Waals surface area (Å²) in [5.41, 5.74) is -3.50. The molecule has 3 aromatic heterocycles. The second-order valence-corrected chi connectivity index (χ2v) is 9.55. The lowest BCUT2D eigenvalue weighted by molar-refractivity contribution is -0.225. The molecule has 0 bridgehead atoms. The summed E-state index contributed by atoms with van der Waals surface area (Å²) in [6.07, 6.45) is -6.61. The standard InChI is InChI=1S/C26H30F6N8O2/c1-5-7-8-20-33-23(24(41-3,42-4)13-6-2)36-39(20)15-16-9-11-17(12-10-16)40-19(26(30,31)32)14-18(25(27,28)29)21(40)22-34-37-38-35-22/h9-12,14H,5-8,13,15H2,1-4H3,(H,34,35,37,38). The number of benzene rings is 1. The minimum absolute atomic E-state index is 0.0463. The van der Waals surface area contributed by atoms with E-state index >= 15 is 0 Å². The number of tetrazole rings is 1. The second kappa shape index (κ2) is 12.2. The molecule has 0 atom stereocenters. The number of aryl methyl sites for hydroxylation is 1. The normalized spacial score (nSPS) is 12.8. The maximum absolute atomic E-state index is 14.0. The van der Waals surface area contributed by atoms with Crippen molar-refractivity contribution in [3.05, 3.63) is 58.8 Å². The van der Waals surface area contributed by atoms with Crippen LogP contribution in [-0.4, -0.2) is 54.2 Å². The molecule has 0 aliphatic heterocycles. The first kappa shape index (κ1) is 31.2. The van der Waals surface area contributed by atoms with Crippen LogP contribution in [0, 0.1) is 0 Å². The molecular weight excluding hydrogens is 570 g/mol. The minimum Gasteiger partial charge on any atom is -0.347 e. The number of hydrogen-bond acceptors (Lipinski definition) is 7. The Balaban J connectivity index is 1.77. The molecule has 0 radical (unpaired) electrons. The van der Waals surface area contributed by atoms with E-state index in [2.05, 4.69) is 25.5 Å². The number of nitrogens with one attached hydrogen (secondary N) is 1. The predicted molar refractivity (Wildman–Crippen MR) is 137 cm³/mol. The fourth-order valence-electron chi connectivity index (χ4n) is 4.70. The van der Waals surface area contributed by atoms with E-state index < -0.39 is 40.9 Å². The summed E-state index contributed by atoms with van der Waals surface area (Å²) in [4.78, 5) is 4.69. The first-order valence-corrected chi connectivity index (χ1v) is 13.2. The molecule has 1 aromatic carbocycles. The molecule has 4 aromatic rings. The van der Waals surface area contributed by atoms with Crippen molar-refractivity contribution >= 4 is 0 Å². The lowest BCUT2D eigenvalue weighted by atomic mass is 10.1. The number of hydrogen-bond donors (Lipinski definition) is 1. The first-order valence-electron chi connectivity index (χ1n) is 13.2. The molecule has 0 amide bonds. The third-order valence-electron chi connectivity index (χ3n) is 6.76. The number of aromatic amines is 1. The van der Waals surface area contributed by atoms with Crippen molar-refractivity contribution in [2.75, 3.05) is 14.2 Å². The Bertz CT molecular complexity index is 1460. The largest absolute Gasteiger partial charge is 0.431 e. The van der Waals surface area contributed by atoms with E-state index in [9.17, 15) is 26.3 Å². The zero-order valence-corrected chi connectivity index (χ0v) is 23.3. The maximum atomic E-state index is 14.0. The highest BCUT2D eigenvalue weighted by Gasteiger charge is 2.45. The molecule has 42 heavy (non-hydrogen) atoms. The van der Waals surface area contributed by atoms with Gasteiger partial charge >= 0.3 is 12.4 Å². The summed E-state index contributed by atoms with van der Waals surface area (Å²) in [6, 6.07) is 5.66. The summed E-state index contributed by atoms with van der Waals surface area (Å²) < 4.78 is 97.0. The van der Waals surface area contributed by atoms with E-state index in [1.54, 1.807) is 4.68 Å². The smallest absolute Gasteiger partial charge is 0.347 e. The van der Waals surface area contributed by atoms with Gasteiger partial charge in [-0.15, -0.1) is 15.3 Å². The second-order valence-electron chi connectivity index (χ2n) is 9.55. The highest BCUT2D eigenvalue weighted by Crippen LogP contribution is 2.44. The number of rotatable bonds is 12. The van der Waals surface area contributed by atoms with Gasteiger partial charge in [-0.05, 0) is 35.4 Å². The zero-order valence-electron chi connectivity index (χ0n) is 23.3.